The third kappa shape index (κ3) is 3.99. The standard InChI is InChI=1S/C27H25N5O/c1-19-3-10-23(11-4-19)32-25-12-9-22(27(33)31-15-13-30(2)14-16-31)17-24(25)29-26(32)21-7-5-20(18-28)6-8-21/h3-12,17H,13-16H2,1-2H3. The summed E-state index contributed by atoms with van der Waals surface area (Å²) in [5, 5.41) is 9.17. The first-order chi connectivity index (χ1) is 16.0. The van der Waals surface area contributed by atoms with Gasteiger partial charge in [0.15, 0.2) is 0 Å². The maximum absolute atomic E-state index is 13.1. The van der Waals surface area contributed by atoms with E-state index in [0.29, 0.717) is 11.1 Å². The van der Waals surface area contributed by atoms with Crippen LogP contribution in [0.3, 0.4) is 0 Å². The maximum Gasteiger partial charge on any atom is 0.254 e. The van der Waals surface area contributed by atoms with E-state index in [1.165, 1.54) is 5.56 Å². The van der Waals surface area contributed by atoms with Gasteiger partial charge in [-0.25, -0.2) is 4.98 Å². The van der Waals surface area contributed by atoms with Crippen molar-refractivity contribution in [3.63, 3.8) is 0 Å². The largest absolute Gasteiger partial charge is 0.336 e. The molecule has 5 rings (SSSR count). The fourth-order valence-corrected chi connectivity index (χ4v) is 4.25. The van der Waals surface area contributed by atoms with Gasteiger partial charge in [0.05, 0.1) is 22.7 Å². The second-order valence-electron chi connectivity index (χ2n) is 8.59. The van der Waals surface area contributed by atoms with Crippen molar-refractivity contribution in [2.75, 3.05) is 33.2 Å². The molecule has 4 aromatic rings. The first-order valence-corrected chi connectivity index (χ1v) is 11.1. The zero-order valence-corrected chi connectivity index (χ0v) is 18.8. The lowest BCUT2D eigenvalue weighted by molar-refractivity contribution is 0.0664. The van der Waals surface area contributed by atoms with E-state index in [-0.39, 0.29) is 5.91 Å². The highest BCUT2D eigenvalue weighted by molar-refractivity contribution is 5.98. The highest BCUT2D eigenvalue weighted by atomic mass is 16.2. The number of imidazole rings is 1. The number of likely N-dealkylation sites (N-methyl/N-ethyl adjacent to an activating group) is 1. The predicted octanol–water partition coefficient (Wildman–Crippen LogP) is 4.26. The fourth-order valence-electron chi connectivity index (χ4n) is 4.25. The van der Waals surface area contributed by atoms with E-state index in [4.69, 9.17) is 10.2 Å². The lowest BCUT2D eigenvalue weighted by Crippen LogP contribution is -2.47. The Morgan fingerprint density at radius 2 is 1.64 bits per heavy atom. The van der Waals surface area contributed by atoms with Crippen LogP contribution in [0.15, 0.2) is 66.7 Å². The monoisotopic (exact) mass is 435 g/mol. The predicted molar refractivity (Wildman–Crippen MR) is 129 cm³/mol. The van der Waals surface area contributed by atoms with Crippen LogP contribution in [-0.2, 0) is 0 Å². The first-order valence-electron chi connectivity index (χ1n) is 11.1. The SMILES string of the molecule is Cc1ccc(-n2c(-c3ccc(C#N)cc3)nc3cc(C(=O)N4CCN(C)CC4)ccc32)cc1. The number of aromatic nitrogens is 2. The number of hydrogen-bond acceptors (Lipinski definition) is 4. The highest BCUT2D eigenvalue weighted by Crippen LogP contribution is 2.30. The number of rotatable bonds is 3. The molecule has 0 spiro atoms. The molecule has 164 valence electrons. The van der Waals surface area contributed by atoms with Crippen molar-refractivity contribution in [1.29, 1.82) is 5.26 Å². The number of nitriles is 1. The summed E-state index contributed by atoms with van der Waals surface area (Å²) in [7, 11) is 2.08. The van der Waals surface area contributed by atoms with Gasteiger partial charge in [0.25, 0.3) is 5.91 Å². The summed E-state index contributed by atoms with van der Waals surface area (Å²) >= 11 is 0. The first kappa shape index (κ1) is 20.9. The van der Waals surface area contributed by atoms with Crippen LogP contribution in [-0.4, -0.2) is 58.5 Å². The third-order valence-corrected chi connectivity index (χ3v) is 6.26. The van der Waals surface area contributed by atoms with Gasteiger partial charge in [-0.3, -0.25) is 9.36 Å². The Hall–Kier alpha value is -3.95. The molecule has 2 heterocycles. The van der Waals surface area contributed by atoms with E-state index in [2.05, 4.69) is 53.8 Å². The number of nitrogens with zero attached hydrogens (tertiary/aromatic N) is 5. The molecule has 0 saturated carbocycles. The van der Waals surface area contributed by atoms with Crippen LogP contribution in [0.4, 0.5) is 0 Å². The topological polar surface area (TPSA) is 65.2 Å². The van der Waals surface area contributed by atoms with Gasteiger partial charge < -0.3 is 9.80 Å². The zero-order chi connectivity index (χ0) is 22.9. The fraction of sp³-hybridized carbons (Fsp3) is 0.222. The number of carbonyl (C=O) groups is 1. The summed E-state index contributed by atoms with van der Waals surface area (Å²) in [5.41, 5.74) is 6.08. The van der Waals surface area contributed by atoms with Crippen LogP contribution in [0.1, 0.15) is 21.5 Å². The summed E-state index contributed by atoms with van der Waals surface area (Å²) < 4.78 is 2.11. The maximum atomic E-state index is 13.1. The minimum Gasteiger partial charge on any atom is -0.336 e. The molecule has 6 nitrogen and oxygen atoms in total. The summed E-state index contributed by atoms with van der Waals surface area (Å²) in [5.74, 6) is 0.831. The van der Waals surface area contributed by atoms with E-state index in [9.17, 15) is 4.79 Å². The number of aryl methyl sites for hydroxylation is 1. The van der Waals surface area contributed by atoms with Gasteiger partial charge in [0, 0.05) is 43.0 Å². The van der Waals surface area contributed by atoms with Crippen molar-refractivity contribution < 1.29 is 4.79 Å². The molecule has 1 aromatic heterocycles. The molecule has 1 amide bonds. The molecule has 0 atom stereocenters. The second-order valence-corrected chi connectivity index (χ2v) is 8.59. The van der Waals surface area contributed by atoms with Crippen molar-refractivity contribution in [2.24, 2.45) is 0 Å². The minimum absolute atomic E-state index is 0.0507. The van der Waals surface area contributed by atoms with Gasteiger partial charge in [0.2, 0.25) is 0 Å². The Kier molecular flexibility index (Phi) is 5.41. The number of hydrogen-bond donors (Lipinski definition) is 0. The van der Waals surface area contributed by atoms with Crippen molar-refractivity contribution >= 4 is 16.9 Å². The van der Waals surface area contributed by atoms with Crippen LogP contribution in [0.2, 0.25) is 0 Å². The molecule has 0 N–H and O–H groups in total. The second kappa shape index (κ2) is 8.53. The van der Waals surface area contributed by atoms with Crippen molar-refractivity contribution in [2.45, 2.75) is 6.92 Å². The number of benzene rings is 3. The van der Waals surface area contributed by atoms with Crippen LogP contribution >= 0.6 is 0 Å². The Morgan fingerprint density at radius 1 is 0.939 bits per heavy atom. The molecule has 1 aliphatic rings. The van der Waals surface area contributed by atoms with E-state index in [1.54, 1.807) is 12.1 Å². The van der Waals surface area contributed by atoms with Gasteiger partial charge in [-0.2, -0.15) is 5.26 Å². The van der Waals surface area contributed by atoms with Crippen molar-refractivity contribution in [1.82, 2.24) is 19.4 Å². The number of fused-ring (bicyclic) bond motifs is 1. The summed E-state index contributed by atoms with van der Waals surface area (Å²) in [6, 6.07) is 23.7. The van der Waals surface area contributed by atoms with Gasteiger partial charge in [0.1, 0.15) is 5.82 Å². The molecule has 1 aliphatic heterocycles. The Morgan fingerprint density at radius 3 is 2.30 bits per heavy atom. The van der Waals surface area contributed by atoms with E-state index in [1.807, 2.05) is 35.2 Å². The molecular weight excluding hydrogens is 410 g/mol. The smallest absolute Gasteiger partial charge is 0.254 e. The van der Waals surface area contributed by atoms with E-state index >= 15 is 0 Å². The molecule has 33 heavy (non-hydrogen) atoms. The van der Waals surface area contributed by atoms with Gasteiger partial charge in [-0.15, -0.1) is 0 Å². The lowest BCUT2D eigenvalue weighted by atomic mass is 10.1. The average molecular weight is 436 g/mol. The van der Waals surface area contributed by atoms with Crippen molar-refractivity contribution in [3.05, 3.63) is 83.4 Å². The van der Waals surface area contributed by atoms with Crippen LogP contribution < -0.4 is 0 Å². The van der Waals surface area contributed by atoms with Gasteiger partial charge >= 0.3 is 0 Å². The molecule has 6 heteroatoms. The van der Waals surface area contributed by atoms with Gasteiger partial charge in [-0.1, -0.05) is 17.7 Å². The molecule has 0 radical (unpaired) electrons. The van der Waals surface area contributed by atoms with Crippen molar-refractivity contribution in [3.8, 4) is 23.1 Å². The summed E-state index contributed by atoms with van der Waals surface area (Å²) in [4.78, 5) is 22.2. The minimum atomic E-state index is 0.0507. The highest BCUT2D eigenvalue weighted by Gasteiger charge is 2.22. The van der Waals surface area contributed by atoms with Crippen LogP contribution in [0.25, 0.3) is 28.1 Å². The third-order valence-electron chi connectivity index (χ3n) is 6.26. The van der Waals surface area contributed by atoms with Crippen LogP contribution in [0.5, 0.6) is 0 Å². The lowest BCUT2D eigenvalue weighted by Gasteiger charge is -2.32. The van der Waals surface area contributed by atoms with Crippen LogP contribution in [0, 0.1) is 18.3 Å². The molecule has 3 aromatic carbocycles. The quantitative estimate of drug-likeness (QED) is 0.482. The Bertz CT molecular complexity index is 1350. The van der Waals surface area contributed by atoms with Gasteiger partial charge in [-0.05, 0) is 68.6 Å². The Balaban J connectivity index is 1.61. The summed E-state index contributed by atoms with van der Waals surface area (Å²) in [6.07, 6.45) is 0. The number of amides is 1. The van der Waals surface area contributed by atoms with E-state index in [0.717, 1.165) is 54.3 Å². The molecule has 0 aliphatic carbocycles. The number of piperazine rings is 1. The molecule has 1 saturated heterocycles. The average Bonchev–Trinajstić information content (AvgIpc) is 3.23. The molecule has 0 unspecified atom stereocenters. The molecule has 1 fully saturated rings. The zero-order valence-electron chi connectivity index (χ0n) is 18.8. The molecule has 0 bridgehead atoms. The summed E-state index contributed by atoms with van der Waals surface area (Å²) in [6.45, 7) is 5.31. The van der Waals surface area contributed by atoms with E-state index < -0.39 is 0 Å². The normalized spacial score (nSPS) is 14.4. The Labute approximate surface area is 193 Å². The number of carbonyl (C=O) groups excluding carboxylic acids is 1. The molecular formula is C27H25N5O.